The third kappa shape index (κ3) is 2.64. The molecule has 17 heavy (non-hydrogen) atoms. The first-order chi connectivity index (χ1) is 8.22. The zero-order valence-electron chi connectivity index (χ0n) is 9.97. The van der Waals surface area contributed by atoms with E-state index in [1.54, 1.807) is 4.68 Å². The lowest BCUT2D eigenvalue weighted by molar-refractivity contribution is 0.615. The van der Waals surface area contributed by atoms with Crippen molar-refractivity contribution in [2.24, 2.45) is 0 Å². The molecule has 0 aliphatic rings. The Bertz CT molecular complexity index is 493. The molecule has 0 saturated heterocycles. The van der Waals surface area contributed by atoms with E-state index < -0.39 is 0 Å². The highest BCUT2D eigenvalue weighted by atomic mass is 35.5. The Labute approximate surface area is 106 Å². The van der Waals surface area contributed by atoms with Gasteiger partial charge in [-0.25, -0.2) is 4.68 Å². The quantitative estimate of drug-likeness (QED) is 0.784. The summed E-state index contributed by atoms with van der Waals surface area (Å²) in [6.07, 6.45) is 1.00. The van der Waals surface area contributed by atoms with Crippen LogP contribution in [0.5, 0.6) is 0 Å². The van der Waals surface area contributed by atoms with Gasteiger partial charge in [0.25, 0.3) is 0 Å². The second-order valence-corrected chi connectivity index (χ2v) is 4.59. The summed E-state index contributed by atoms with van der Waals surface area (Å²) in [5.41, 5.74) is 2.55. The van der Waals surface area contributed by atoms with Crippen LogP contribution in [0.2, 0.25) is 0 Å². The average Bonchev–Trinajstić information content (AvgIpc) is 2.78. The van der Waals surface area contributed by atoms with Crippen molar-refractivity contribution in [1.82, 2.24) is 20.2 Å². The Kier molecular flexibility index (Phi) is 3.74. The fourth-order valence-electron chi connectivity index (χ4n) is 1.83. The molecule has 5 heteroatoms. The number of aryl methyl sites for hydroxylation is 1. The second-order valence-electron chi connectivity index (χ2n) is 3.93. The molecule has 1 heterocycles. The van der Waals surface area contributed by atoms with Gasteiger partial charge in [-0.3, -0.25) is 0 Å². The number of hydrogen-bond donors (Lipinski definition) is 0. The van der Waals surface area contributed by atoms with Crippen molar-refractivity contribution in [3.63, 3.8) is 0 Å². The van der Waals surface area contributed by atoms with Gasteiger partial charge in [0.1, 0.15) is 0 Å². The van der Waals surface area contributed by atoms with Crippen molar-refractivity contribution in [1.29, 1.82) is 0 Å². The van der Waals surface area contributed by atoms with Gasteiger partial charge in [0, 0.05) is 0 Å². The predicted molar refractivity (Wildman–Crippen MR) is 67.0 cm³/mol. The van der Waals surface area contributed by atoms with E-state index >= 15 is 0 Å². The molecule has 90 valence electrons. The lowest BCUT2D eigenvalue weighted by atomic mass is 10.1. The van der Waals surface area contributed by atoms with E-state index in [-0.39, 0.29) is 5.38 Å². The van der Waals surface area contributed by atoms with Crippen LogP contribution in [0.15, 0.2) is 24.3 Å². The maximum atomic E-state index is 6.03. The minimum absolute atomic E-state index is 0.182. The van der Waals surface area contributed by atoms with Gasteiger partial charge in [-0.1, -0.05) is 31.2 Å². The molecule has 1 unspecified atom stereocenters. The Morgan fingerprint density at radius 2 is 2.00 bits per heavy atom. The first-order valence-electron chi connectivity index (χ1n) is 5.69. The van der Waals surface area contributed by atoms with E-state index in [9.17, 15) is 0 Å². The zero-order chi connectivity index (χ0) is 12.3. The van der Waals surface area contributed by atoms with E-state index in [0.717, 1.165) is 6.42 Å². The molecule has 2 rings (SSSR count). The summed E-state index contributed by atoms with van der Waals surface area (Å²) >= 11 is 6.03. The van der Waals surface area contributed by atoms with E-state index in [1.807, 2.05) is 19.1 Å². The minimum Gasteiger partial charge on any atom is -0.224 e. The summed E-state index contributed by atoms with van der Waals surface area (Å²) in [6, 6.07) is 8.31. The van der Waals surface area contributed by atoms with Crippen LogP contribution in [0, 0.1) is 0 Å². The zero-order valence-corrected chi connectivity index (χ0v) is 10.7. The summed E-state index contributed by atoms with van der Waals surface area (Å²) < 4.78 is 1.76. The predicted octanol–water partition coefficient (Wildman–Crippen LogP) is 2.58. The number of alkyl halides is 1. The van der Waals surface area contributed by atoms with E-state index in [0.29, 0.717) is 12.4 Å². The molecule has 0 aliphatic heterocycles. The van der Waals surface area contributed by atoms with E-state index in [2.05, 4.69) is 34.6 Å². The van der Waals surface area contributed by atoms with Crippen LogP contribution >= 0.6 is 11.6 Å². The topological polar surface area (TPSA) is 43.6 Å². The van der Waals surface area contributed by atoms with Crippen LogP contribution in [-0.2, 0) is 13.0 Å². The van der Waals surface area contributed by atoms with Crippen LogP contribution in [-0.4, -0.2) is 20.2 Å². The minimum atomic E-state index is -0.182. The van der Waals surface area contributed by atoms with Gasteiger partial charge in [0.2, 0.25) is 0 Å². The van der Waals surface area contributed by atoms with E-state index in [1.165, 1.54) is 11.1 Å². The van der Waals surface area contributed by atoms with Gasteiger partial charge in [0.15, 0.2) is 5.82 Å². The molecular formula is C12H15ClN4. The number of benzene rings is 1. The monoisotopic (exact) mass is 250 g/mol. The van der Waals surface area contributed by atoms with Gasteiger partial charge < -0.3 is 0 Å². The molecular weight excluding hydrogens is 236 g/mol. The molecule has 0 bridgehead atoms. The Morgan fingerprint density at radius 1 is 1.29 bits per heavy atom. The van der Waals surface area contributed by atoms with Gasteiger partial charge in [-0.05, 0) is 34.9 Å². The van der Waals surface area contributed by atoms with Crippen LogP contribution in [0.1, 0.15) is 36.2 Å². The summed E-state index contributed by atoms with van der Waals surface area (Å²) in [6.45, 7) is 4.68. The van der Waals surface area contributed by atoms with Crippen molar-refractivity contribution in [3.05, 3.63) is 41.2 Å². The second kappa shape index (κ2) is 5.27. The molecule has 0 aliphatic carbocycles. The lowest BCUT2D eigenvalue weighted by Gasteiger charge is -2.09. The van der Waals surface area contributed by atoms with Gasteiger partial charge in [-0.15, -0.1) is 16.7 Å². The molecule has 0 radical (unpaired) electrons. The molecule has 0 amide bonds. The van der Waals surface area contributed by atoms with Crippen molar-refractivity contribution >= 4 is 11.6 Å². The number of hydrogen-bond acceptors (Lipinski definition) is 3. The number of aromatic nitrogens is 4. The van der Waals surface area contributed by atoms with Crippen molar-refractivity contribution < 1.29 is 0 Å². The molecule has 0 fully saturated rings. The SMILES string of the molecule is CCc1ccccc1Cn1nnnc1C(C)Cl. The fourth-order valence-corrected chi connectivity index (χ4v) is 1.98. The number of tetrazole rings is 1. The molecule has 4 nitrogen and oxygen atoms in total. The maximum Gasteiger partial charge on any atom is 0.169 e. The van der Waals surface area contributed by atoms with E-state index in [4.69, 9.17) is 11.6 Å². The normalized spacial score (nSPS) is 12.6. The molecule has 1 atom stereocenters. The first-order valence-corrected chi connectivity index (χ1v) is 6.13. The number of nitrogens with zero attached hydrogens (tertiary/aromatic N) is 4. The van der Waals surface area contributed by atoms with Gasteiger partial charge in [-0.2, -0.15) is 0 Å². The highest BCUT2D eigenvalue weighted by Crippen LogP contribution is 2.17. The number of rotatable bonds is 4. The smallest absolute Gasteiger partial charge is 0.169 e. The largest absolute Gasteiger partial charge is 0.224 e. The highest BCUT2D eigenvalue weighted by molar-refractivity contribution is 6.20. The Morgan fingerprint density at radius 3 is 2.65 bits per heavy atom. The summed E-state index contributed by atoms with van der Waals surface area (Å²) in [7, 11) is 0. The lowest BCUT2D eigenvalue weighted by Crippen LogP contribution is -2.09. The Balaban J connectivity index is 2.28. The van der Waals surface area contributed by atoms with Crippen LogP contribution in [0.3, 0.4) is 0 Å². The molecule has 1 aromatic carbocycles. The van der Waals surface area contributed by atoms with Gasteiger partial charge >= 0.3 is 0 Å². The van der Waals surface area contributed by atoms with Crippen LogP contribution < -0.4 is 0 Å². The Hall–Kier alpha value is -1.42. The summed E-state index contributed by atoms with van der Waals surface area (Å²) in [5, 5.41) is 11.4. The van der Waals surface area contributed by atoms with Gasteiger partial charge in [0.05, 0.1) is 11.9 Å². The highest BCUT2D eigenvalue weighted by Gasteiger charge is 2.12. The van der Waals surface area contributed by atoms with Crippen molar-refractivity contribution in [2.45, 2.75) is 32.2 Å². The third-order valence-electron chi connectivity index (χ3n) is 2.73. The van der Waals surface area contributed by atoms with Crippen LogP contribution in [0.25, 0.3) is 0 Å². The molecule has 2 aromatic rings. The van der Waals surface area contributed by atoms with Crippen molar-refractivity contribution in [2.75, 3.05) is 0 Å². The average molecular weight is 251 g/mol. The summed E-state index contributed by atoms with van der Waals surface area (Å²) in [5.74, 6) is 0.706. The maximum absolute atomic E-state index is 6.03. The first kappa shape index (κ1) is 12.0. The summed E-state index contributed by atoms with van der Waals surface area (Å²) in [4.78, 5) is 0. The molecule has 0 saturated carbocycles. The van der Waals surface area contributed by atoms with Crippen LogP contribution in [0.4, 0.5) is 0 Å². The molecule has 1 aromatic heterocycles. The van der Waals surface area contributed by atoms with Crippen molar-refractivity contribution in [3.8, 4) is 0 Å². The third-order valence-corrected chi connectivity index (χ3v) is 2.93. The fraction of sp³-hybridized carbons (Fsp3) is 0.417. The molecule has 0 N–H and O–H groups in total. The standard InChI is InChI=1S/C12H15ClN4/c1-3-10-6-4-5-7-11(10)8-17-12(9(2)13)14-15-16-17/h4-7,9H,3,8H2,1-2H3. The molecule has 0 spiro atoms. The number of halogens is 1.